The van der Waals surface area contributed by atoms with E-state index in [1.165, 1.54) is 0 Å². The van der Waals surface area contributed by atoms with Crippen LogP contribution < -0.4 is 5.32 Å². The lowest BCUT2D eigenvalue weighted by Gasteiger charge is -2.17. The van der Waals surface area contributed by atoms with Gasteiger partial charge in [-0.2, -0.15) is 16.9 Å². The van der Waals surface area contributed by atoms with Crippen molar-refractivity contribution >= 4 is 23.3 Å². The molecular weight excluding hydrogens is 384 g/mol. The van der Waals surface area contributed by atoms with E-state index < -0.39 is 0 Å². The van der Waals surface area contributed by atoms with Crippen LogP contribution in [0.15, 0.2) is 60.8 Å². The van der Waals surface area contributed by atoms with Gasteiger partial charge in [0.15, 0.2) is 11.5 Å². The highest BCUT2D eigenvalue weighted by Gasteiger charge is 2.23. The van der Waals surface area contributed by atoms with Crippen LogP contribution in [-0.4, -0.2) is 42.3 Å². The van der Waals surface area contributed by atoms with Crippen molar-refractivity contribution in [1.82, 2.24) is 29.7 Å². The molecule has 0 aliphatic rings. The van der Waals surface area contributed by atoms with Gasteiger partial charge in [-0.1, -0.05) is 36.4 Å². The summed E-state index contributed by atoms with van der Waals surface area (Å²) in [7, 11) is 1.78. The number of aryl methyl sites for hydroxylation is 1. The van der Waals surface area contributed by atoms with Crippen LogP contribution in [0.5, 0.6) is 0 Å². The second kappa shape index (κ2) is 8.48. The summed E-state index contributed by atoms with van der Waals surface area (Å²) in [6, 6.07) is 17.2. The summed E-state index contributed by atoms with van der Waals surface area (Å²) < 4.78 is 3.54. The Kier molecular flexibility index (Phi) is 5.62. The second-order valence-corrected chi connectivity index (χ2v) is 7.68. The number of thioether (sulfide) groups is 1. The fourth-order valence-corrected chi connectivity index (χ4v) is 3.73. The first-order valence-electron chi connectivity index (χ1n) is 9.36. The summed E-state index contributed by atoms with van der Waals surface area (Å²) in [6.07, 6.45) is 4.72. The molecule has 0 aliphatic heterocycles. The average molecular weight is 407 g/mol. The van der Waals surface area contributed by atoms with Crippen molar-refractivity contribution in [3.05, 3.63) is 72.3 Å². The summed E-state index contributed by atoms with van der Waals surface area (Å²) in [5, 5.41) is 16.2. The van der Waals surface area contributed by atoms with Gasteiger partial charge in [0.2, 0.25) is 0 Å². The number of nitrogens with one attached hydrogen (secondary N) is 1. The van der Waals surface area contributed by atoms with E-state index in [2.05, 4.69) is 20.6 Å². The molecule has 1 amide bonds. The van der Waals surface area contributed by atoms with Crippen LogP contribution in [0.2, 0.25) is 0 Å². The lowest BCUT2D eigenvalue weighted by molar-refractivity contribution is 0.0924. The van der Waals surface area contributed by atoms with Crippen LogP contribution >= 0.6 is 11.8 Å². The SMILES string of the molecule is CSCCC(NC(=O)c1cc(-c2ccccc2)nn1C)c1nnc2ccccn12. The second-order valence-electron chi connectivity index (χ2n) is 6.70. The van der Waals surface area contributed by atoms with Gasteiger partial charge < -0.3 is 5.32 Å². The van der Waals surface area contributed by atoms with E-state index in [1.54, 1.807) is 23.5 Å². The molecule has 4 rings (SSSR count). The molecule has 0 radical (unpaired) electrons. The van der Waals surface area contributed by atoms with Crippen molar-refractivity contribution in [2.24, 2.45) is 7.05 Å². The van der Waals surface area contributed by atoms with E-state index in [4.69, 9.17) is 0 Å². The van der Waals surface area contributed by atoms with E-state index in [0.29, 0.717) is 5.69 Å². The lowest BCUT2D eigenvalue weighted by atomic mass is 10.1. The number of benzene rings is 1. The molecule has 1 N–H and O–H groups in total. The standard InChI is InChI=1S/C21H22N6OS/c1-26-18(14-17(25-26)15-8-4-3-5-9-15)21(28)22-16(11-13-29-2)20-24-23-19-10-6-7-12-27(19)20/h3-10,12,14,16H,11,13H2,1-2H3,(H,22,28). The van der Waals surface area contributed by atoms with E-state index in [0.717, 1.165) is 34.9 Å². The Bertz CT molecular complexity index is 1120. The molecule has 1 atom stereocenters. The largest absolute Gasteiger partial charge is 0.341 e. The molecule has 3 aromatic heterocycles. The maximum atomic E-state index is 13.1. The van der Waals surface area contributed by atoms with Gasteiger partial charge >= 0.3 is 0 Å². The van der Waals surface area contributed by atoms with Crippen LogP contribution in [0.1, 0.15) is 28.8 Å². The van der Waals surface area contributed by atoms with E-state index in [-0.39, 0.29) is 11.9 Å². The summed E-state index contributed by atoms with van der Waals surface area (Å²) in [5.41, 5.74) is 3.01. The van der Waals surface area contributed by atoms with Gasteiger partial charge in [-0.3, -0.25) is 13.9 Å². The van der Waals surface area contributed by atoms with Crippen molar-refractivity contribution in [2.45, 2.75) is 12.5 Å². The number of hydrogen-bond acceptors (Lipinski definition) is 5. The van der Waals surface area contributed by atoms with Gasteiger partial charge in [0, 0.05) is 18.8 Å². The van der Waals surface area contributed by atoms with Gasteiger partial charge in [0.25, 0.3) is 5.91 Å². The minimum Gasteiger partial charge on any atom is -0.341 e. The highest BCUT2D eigenvalue weighted by Crippen LogP contribution is 2.21. The lowest BCUT2D eigenvalue weighted by Crippen LogP contribution is -2.31. The Hall–Kier alpha value is -3.13. The molecule has 1 unspecified atom stereocenters. The monoisotopic (exact) mass is 406 g/mol. The molecule has 29 heavy (non-hydrogen) atoms. The molecule has 0 aliphatic carbocycles. The third-order valence-electron chi connectivity index (χ3n) is 4.75. The molecule has 0 spiro atoms. The number of pyridine rings is 1. The molecule has 3 heterocycles. The van der Waals surface area contributed by atoms with Crippen molar-refractivity contribution in [3.63, 3.8) is 0 Å². The number of carbonyl (C=O) groups excluding carboxylic acids is 1. The van der Waals surface area contributed by atoms with Crippen molar-refractivity contribution in [3.8, 4) is 11.3 Å². The molecule has 7 nitrogen and oxygen atoms in total. The van der Waals surface area contributed by atoms with Crippen LogP contribution in [-0.2, 0) is 7.05 Å². The number of rotatable bonds is 7. The van der Waals surface area contributed by atoms with Crippen LogP contribution in [0.3, 0.4) is 0 Å². The Balaban J connectivity index is 1.61. The van der Waals surface area contributed by atoms with Gasteiger partial charge in [-0.05, 0) is 36.6 Å². The Morgan fingerprint density at radius 3 is 2.72 bits per heavy atom. The summed E-state index contributed by atoms with van der Waals surface area (Å²) >= 11 is 1.73. The quantitative estimate of drug-likeness (QED) is 0.509. The predicted octanol–water partition coefficient (Wildman–Crippen LogP) is 3.35. The molecule has 4 aromatic rings. The maximum Gasteiger partial charge on any atom is 0.270 e. The fourth-order valence-electron chi connectivity index (χ4n) is 3.26. The Morgan fingerprint density at radius 2 is 1.93 bits per heavy atom. The van der Waals surface area contributed by atoms with Gasteiger partial charge in [-0.25, -0.2) is 0 Å². The topological polar surface area (TPSA) is 77.1 Å². The molecule has 0 fully saturated rings. The highest BCUT2D eigenvalue weighted by molar-refractivity contribution is 7.98. The van der Waals surface area contributed by atoms with E-state index in [9.17, 15) is 4.79 Å². The predicted molar refractivity (Wildman–Crippen MR) is 115 cm³/mol. The zero-order chi connectivity index (χ0) is 20.2. The number of amides is 1. The summed E-state index contributed by atoms with van der Waals surface area (Å²) in [6.45, 7) is 0. The van der Waals surface area contributed by atoms with Gasteiger partial charge in [0.05, 0.1) is 11.7 Å². The maximum absolute atomic E-state index is 13.1. The smallest absolute Gasteiger partial charge is 0.270 e. The third-order valence-corrected chi connectivity index (χ3v) is 5.39. The molecule has 148 valence electrons. The third kappa shape index (κ3) is 4.02. The van der Waals surface area contributed by atoms with Crippen LogP contribution in [0.4, 0.5) is 0 Å². The van der Waals surface area contributed by atoms with Crippen LogP contribution in [0, 0.1) is 0 Å². The van der Waals surface area contributed by atoms with E-state index >= 15 is 0 Å². The minimum absolute atomic E-state index is 0.180. The molecule has 8 heteroatoms. The minimum atomic E-state index is -0.248. The van der Waals surface area contributed by atoms with Crippen LogP contribution in [0.25, 0.3) is 16.9 Å². The van der Waals surface area contributed by atoms with E-state index in [1.807, 2.05) is 71.5 Å². The molecular formula is C21H22N6OS. The number of nitrogens with zero attached hydrogens (tertiary/aromatic N) is 5. The Labute approximate surface area is 173 Å². The normalized spacial score (nSPS) is 12.2. The summed E-state index contributed by atoms with van der Waals surface area (Å²) in [4.78, 5) is 13.1. The summed E-state index contributed by atoms with van der Waals surface area (Å²) in [5.74, 6) is 1.45. The number of carbonyl (C=O) groups is 1. The van der Waals surface area contributed by atoms with Crippen molar-refractivity contribution in [2.75, 3.05) is 12.0 Å². The first kappa shape index (κ1) is 19.2. The van der Waals surface area contributed by atoms with Gasteiger partial charge in [0.1, 0.15) is 5.69 Å². The zero-order valence-electron chi connectivity index (χ0n) is 16.3. The molecule has 0 saturated heterocycles. The number of aromatic nitrogens is 5. The van der Waals surface area contributed by atoms with Crippen molar-refractivity contribution in [1.29, 1.82) is 0 Å². The number of fused-ring (bicyclic) bond motifs is 1. The first-order chi connectivity index (χ1) is 14.2. The number of hydrogen-bond donors (Lipinski definition) is 1. The Morgan fingerprint density at radius 1 is 1.14 bits per heavy atom. The molecule has 1 aromatic carbocycles. The van der Waals surface area contributed by atoms with Gasteiger partial charge in [-0.15, -0.1) is 10.2 Å². The molecule has 0 saturated carbocycles. The fraction of sp³-hybridized carbons (Fsp3) is 0.238. The van der Waals surface area contributed by atoms with Crippen molar-refractivity contribution < 1.29 is 4.79 Å². The highest BCUT2D eigenvalue weighted by atomic mass is 32.2. The molecule has 0 bridgehead atoms. The first-order valence-corrected chi connectivity index (χ1v) is 10.8. The zero-order valence-corrected chi connectivity index (χ0v) is 17.1. The average Bonchev–Trinajstić information content (AvgIpc) is 3.35.